The first-order chi connectivity index (χ1) is 11.0. The molecule has 0 bridgehead atoms. The van der Waals surface area contributed by atoms with Gasteiger partial charge in [0, 0.05) is 26.7 Å². The van der Waals surface area contributed by atoms with Gasteiger partial charge in [-0.05, 0) is 38.1 Å². The fraction of sp³-hybridized carbons (Fsp3) is 0.625. The van der Waals surface area contributed by atoms with Crippen LogP contribution in [0, 0.1) is 0 Å². The highest BCUT2D eigenvalue weighted by atomic mass is 127. The Bertz CT molecular complexity index is 560. The zero-order valence-electron chi connectivity index (χ0n) is 14.6. The number of carbonyl (C=O) groups excluding carboxylic acids is 1. The number of aliphatic imine (C=N–C) groups is 1. The normalized spacial score (nSPS) is 18.3. The van der Waals surface area contributed by atoms with Gasteiger partial charge in [-0.15, -0.1) is 24.0 Å². The Morgan fingerprint density at radius 3 is 2.88 bits per heavy atom. The Kier molecular flexibility index (Phi) is 8.54. The maximum absolute atomic E-state index is 11.0. The Morgan fingerprint density at radius 2 is 2.29 bits per heavy atom. The molecule has 0 saturated carbocycles. The third-order valence-corrected chi connectivity index (χ3v) is 4.29. The highest BCUT2D eigenvalue weighted by Crippen LogP contribution is 2.17. The van der Waals surface area contributed by atoms with Crippen LogP contribution in [0.4, 0.5) is 0 Å². The lowest BCUT2D eigenvalue weighted by molar-refractivity contribution is 0.0972. The van der Waals surface area contributed by atoms with Gasteiger partial charge in [0.15, 0.2) is 11.7 Å². The largest absolute Gasteiger partial charge is 0.454 e. The first kappa shape index (κ1) is 20.8. The third-order valence-electron chi connectivity index (χ3n) is 4.29. The van der Waals surface area contributed by atoms with E-state index in [1.165, 1.54) is 19.4 Å². The fourth-order valence-corrected chi connectivity index (χ4v) is 3.08. The summed E-state index contributed by atoms with van der Waals surface area (Å²) in [5.74, 6) is 1.09. The summed E-state index contributed by atoms with van der Waals surface area (Å²) >= 11 is 0. The van der Waals surface area contributed by atoms with Gasteiger partial charge in [-0.1, -0.05) is 6.92 Å². The molecule has 1 fully saturated rings. The lowest BCUT2D eigenvalue weighted by atomic mass is 10.2. The number of likely N-dealkylation sites (N-methyl/N-ethyl adjacent to an activating group) is 2. The average Bonchev–Trinajstić information content (AvgIpc) is 3.16. The first-order valence-electron chi connectivity index (χ1n) is 8.09. The lowest BCUT2D eigenvalue weighted by Gasteiger charge is -2.29. The van der Waals surface area contributed by atoms with Crippen molar-refractivity contribution in [3.63, 3.8) is 0 Å². The van der Waals surface area contributed by atoms with Crippen LogP contribution >= 0.6 is 24.0 Å². The number of furan rings is 1. The molecule has 2 rings (SSSR count). The Morgan fingerprint density at radius 1 is 1.54 bits per heavy atom. The van der Waals surface area contributed by atoms with Crippen LogP contribution in [0.15, 0.2) is 21.5 Å². The standard InChI is InChI=1S/C16H27N5O2.HI/c1-4-21-9-5-6-12(21)11-20(3)16(18-2)19-10-13-7-8-14(23-13)15(17)22;/h7-8,12H,4-6,9-11H2,1-3H3,(H2,17,22)(H,18,19);1H. The van der Waals surface area contributed by atoms with Crippen molar-refractivity contribution >= 4 is 35.8 Å². The number of nitrogens with zero attached hydrogens (tertiary/aromatic N) is 3. The van der Waals surface area contributed by atoms with Gasteiger partial charge in [0.1, 0.15) is 5.76 Å². The molecular weight excluding hydrogens is 421 g/mol. The zero-order chi connectivity index (χ0) is 16.8. The summed E-state index contributed by atoms with van der Waals surface area (Å²) in [4.78, 5) is 20.0. The number of likely N-dealkylation sites (tertiary alicyclic amines) is 1. The van der Waals surface area contributed by atoms with Crippen molar-refractivity contribution in [2.45, 2.75) is 32.4 Å². The summed E-state index contributed by atoms with van der Waals surface area (Å²) in [5.41, 5.74) is 5.19. The second-order valence-electron chi connectivity index (χ2n) is 5.84. The van der Waals surface area contributed by atoms with Crippen molar-refractivity contribution in [2.75, 3.05) is 33.7 Å². The van der Waals surface area contributed by atoms with Crippen LogP contribution in [-0.4, -0.2) is 61.4 Å². The van der Waals surface area contributed by atoms with E-state index < -0.39 is 5.91 Å². The minimum atomic E-state index is -0.557. The van der Waals surface area contributed by atoms with Crippen LogP contribution in [-0.2, 0) is 6.54 Å². The van der Waals surface area contributed by atoms with E-state index >= 15 is 0 Å². The van der Waals surface area contributed by atoms with Gasteiger partial charge in [-0.2, -0.15) is 0 Å². The van der Waals surface area contributed by atoms with E-state index in [9.17, 15) is 4.79 Å². The number of amides is 1. The number of hydrogen-bond acceptors (Lipinski definition) is 4. The summed E-state index contributed by atoms with van der Waals surface area (Å²) in [6, 6.07) is 3.91. The van der Waals surface area contributed by atoms with Crippen LogP contribution in [0.25, 0.3) is 0 Å². The third kappa shape index (κ3) is 5.37. The number of hydrogen-bond donors (Lipinski definition) is 2. The van der Waals surface area contributed by atoms with Gasteiger partial charge in [-0.3, -0.25) is 14.7 Å². The van der Waals surface area contributed by atoms with E-state index in [-0.39, 0.29) is 29.7 Å². The summed E-state index contributed by atoms with van der Waals surface area (Å²) < 4.78 is 5.37. The topological polar surface area (TPSA) is 87.1 Å². The van der Waals surface area contributed by atoms with E-state index in [1.54, 1.807) is 19.2 Å². The van der Waals surface area contributed by atoms with Gasteiger partial charge < -0.3 is 20.4 Å². The predicted octanol–water partition coefficient (Wildman–Crippen LogP) is 1.49. The van der Waals surface area contributed by atoms with Gasteiger partial charge in [0.05, 0.1) is 6.54 Å². The second-order valence-corrected chi connectivity index (χ2v) is 5.84. The Hall–Kier alpha value is -1.29. The molecule has 0 radical (unpaired) electrons. The molecule has 1 aromatic rings. The van der Waals surface area contributed by atoms with Crippen LogP contribution in [0.1, 0.15) is 36.1 Å². The number of rotatable bonds is 6. The minimum absolute atomic E-state index is 0. The van der Waals surface area contributed by atoms with Crippen LogP contribution in [0.2, 0.25) is 0 Å². The molecule has 1 amide bonds. The number of halogens is 1. The second kappa shape index (κ2) is 9.87. The molecule has 24 heavy (non-hydrogen) atoms. The van der Waals surface area contributed by atoms with Crippen LogP contribution < -0.4 is 11.1 Å². The molecular formula is C16H28IN5O2. The predicted molar refractivity (Wildman–Crippen MR) is 106 cm³/mol. The molecule has 0 spiro atoms. The number of guanidine groups is 1. The molecule has 3 N–H and O–H groups in total. The summed E-state index contributed by atoms with van der Waals surface area (Å²) in [6.45, 7) is 5.89. The average molecular weight is 449 g/mol. The Labute approximate surface area is 160 Å². The van der Waals surface area contributed by atoms with Crippen molar-refractivity contribution in [2.24, 2.45) is 10.7 Å². The Balaban J connectivity index is 0.00000288. The monoisotopic (exact) mass is 449 g/mol. The van der Waals surface area contributed by atoms with Crippen LogP contribution in [0.5, 0.6) is 0 Å². The van der Waals surface area contributed by atoms with Gasteiger partial charge in [-0.25, -0.2) is 0 Å². The maximum Gasteiger partial charge on any atom is 0.284 e. The van der Waals surface area contributed by atoms with Gasteiger partial charge in [0.25, 0.3) is 5.91 Å². The molecule has 7 nitrogen and oxygen atoms in total. The first-order valence-corrected chi connectivity index (χ1v) is 8.09. The summed E-state index contributed by atoms with van der Waals surface area (Å²) in [5, 5.41) is 3.26. The van der Waals surface area contributed by atoms with E-state index in [0.717, 1.165) is 19.0 Å². The number of carbonyl (C=O) groups is 1. The smallest absolute Gasteiger partial charge is 0.284 e. The van der Waals surface area contributed by atoms with Crippen LogP contribution in [0.3, 0.4) is 0 Å². The van der Waals surface area contributed by atoms with Gasteiger partial charge in [0.2, 0.25) is 0 Å². The van der Waals surface area contributed by atoms with Crippen molar-refractivity contribution in [3.8, 4) is 0 Å². The molecule has 0 aliphatic carbocycles. The molecule has 1 aliphatic heterocycles. The quantitative estimate of drug-likeness (QED) is 0.391. The number of primary amides is 1. The van der Waals surface area contributed by atoms with Crippen molar-refractivity contribution in [3.05, 3.63) is 23.7 Å². The highest BCUT2D eigenvalue weighted by Gasteiger charge is 2.24. The van der Waals surface area contributed by atoms with E-state index in [1.807, 2.05) is 7.05 Å². The van der Waals surface area contributed by atoms with Gasteiger partial charge >= 0.3 is 0 Å². The van der Waals surface area contributed by atoms with E-state index in [4.69, 9.17) is 10.2 Å². The van der Waals surface area contributed by atoms with Crippen molar-refractivity contribution in [1.82, 2.24) is 15.1 Å². The molecule has 0 aromatic carbocycles. The van der Waals surface area contributed by atoms with E-state index in [2.05, 4.69) is 27.0 Å². The molecule has 1 aliphatic rings. The summed E-state index contributed by atoms with van der Waals surface area (Å²) in [7, 11) is 3.81. The molecule has 2 heterocycles. The molecule has 136 valence electrons. The lowest BCUT2D eigenvalue weighted by Crippen LogP contribution is -2.45. The molecule has 8 heteroatoms. The molecule has 1 unspecified atom stereocenters. The maximum atomic E-state index is 11.0. The zero-order valence-corrected chi connectivity index (χ0v) is 16.9. The molecule has 1 atom stereocenters. The minimum Gasteiger partial charge on any atom is -0.454 e. The summed E-state index contributed by atoms with van der Waals surface area (Å²) in [6.07, 6.45) is 2.50. The fourth-order valence-electron chi connectivity index (χ4n) is 3.08. The number of nitrogens with one attached hydrogen (secondary N) is 1. The molecule has 1 aromatic heterocycles. The van der Waals surface area contributed by atoms with E-state index in [0.29, 0.717) is 18.3 Å². The van der Waals surface area contributed by atoms with Crippen molar-refractivity contribution < 1.29 is 9.21 Å². The molecule has 1 saturated heterocycles. The number of nitrogens with two attached hydrogens (primary N) is 1. The highest BCUT2D eigenvalue weighted by molar-refractivity contribution is 14.0. The SMILES string of the molecule is CCN1CCCC1CN(C)C(=NC)NCc1ccc(C(N)=O)o1.I. The van der Waals surface area contributed by atoms with Crippen molar-refractivity contribution in [1.29, 1.82) is 0 Å².